The van der Waals surface area contributed by atoms with E-state index in [9.17, 15) is 9.90 Å². The van der Waals surface area contributed by atoms with Crippen LogP contribution in [0, 0.1) is 5.92 Å². The highest BCUT2D eigenvalue weighted by Crippen LogP contribution is 2.26. The fraction of sp³-hybridized carbons (Fsp3) is 0.917. The smallest absolute Gasteiger partial charge is 0.338 e. The molecule has 0 aromatic carbocycles. The van der Waals surface area contributed by atoms with E-state index < -0.39 is 11.6 Å². The topological polar surface area (TPSA) is 58.6 Å². The predicted octanol–water partition coefficient (Wildman–Crippen LogP) is 1.08. The highest BCUT2D eigenvalue weighted by molar-refractivity contribution is 5.78. The highest BCUT2D eigenvalue weighted by Gasteiger charge is 2.30. The Hall–Kier alpha value is -0.610. The van der Waals surface area contributed by atoms with Gasteiger partial charge >= 0.3 is 5.97 Å². The molecule has 16 heavy (non-hydrogen) atoms. The third-order valence-corrected chi connectivity index (χ3v) is 3.30. The Kier molecular flexibility index (Phi) is 5.22. The van der Waals surface area contributed by atoms with Crippen molar-refractivity contribution in [2.24, 2.45) is 5.92 Å². The predicted molar refractivity (Wildman–Crippen MR) is 62.1 cm³/mol. The molecule has 1 rings (SSSR count). The maximum atomic E-state index is 11.2. The number of carbonyl (C=O) groups is 1. The number of hydrogen-bond donors (Lipinski definition) is 2. The molecule has 2 N–H and O–H groups in total. The molecular formula is C12H23NO3. The van der Waals surface area contributed by atoms with Crippen molar-refractivity contribution in [1.82, 2.24) is 5.32 Å². The number of carbonyl (C=O) groups excluding carboxylic acids is 1. The van der Waals surface area contributed by atoms with Gasteiger partial charge in [0.05, 0.1) is 7.11 Å². The van der Waals surface area contributed by atoms with Crippen molar-refractivity contribution in [3.05, 3.63) is 0 Å². The summed E-state index contributed by atoms with van der Waals surface area (Å²) in [5.41, 5.74) is -1.41. The van der Waals surface area contributed by atoms with Gasteiger partial charge in [0.15, 0.2) is 5.60 Å². The van der Waals surface area contributed by atoms with Crippen LogP contribution in [0.15, 0.2) is 0 Å². The van der Waals surface area contributed by atoms with Crippen molar-refractivity contribution in [3.63, 3.8) is 0 Å². The molecule has 4 nitrogen and oxygen atoms in total. The number of nitrogens with one attached hydrogen (secondary N) is 1. The highest BCUT2D eigenvalue weighted by atomic mass is 16.5. The van der Waals surface area contributed by atoms with Gasteiger partial charge in [-0.2, -0.15) is 0 Å². The van der Waals surface area contributed by atoms with E-state index in [2.05, 4.69) is 10.1 Å². The summed E-state index contributed by atoms with van der Waals surface area (Å²) in [6.45, 7) is 2.59. The van der Waals surface area contributed by atoms with Crippen LogP contribution in [0.3, 0.4) is 0 Å². The molecule has 0 spiro atoms. The Bertz CT molecular complexity index is 222. The number of ether oxygens (including phenoxy) is 1. The first-order chi connectivity index (χ1) is 7.56. The second-order valence-corrected chi connectivity index (χ2v) is 4.88. The average Bonchev–Trinajstić information content (AvgIpc) is 2.76. The van der Waals surface area contributed by atoms with Crippen LogP contribution in [0.25, 0.3) is 0 Å². The molecule has 0 saturated heterocycles. The number of esters is 1. The largest absolute Gasteiger partial charge is 0.467 e. The minimum Gasteiger partial charge on any atom is -0.467 e. The second-order valence-electron chi connectivity index (χ2n) is 4.88. The van der Waals surface area contributed by atoms with Crippen LogP contribution < -0.4 is 5.32 Å². The minimum absolute atomic E-state index is 0.256. The average molecular weight is 229 g/mol. The molecule has 0 radical (unpaired) electrons. The Labute approximate surface area is 97.4 Å². The van der Waals surface area contributed by atoms with Crippen molar-refractivity contribution in [1.29, 1.82) is 0 Å². The van der Waals surface area contributed by atoms with Gasteiger partial charge < -0.3 is 15.2 Å². The Morgan fingerprint density at radius 2 is 2.12 bits per heavy atom. The van der Waals surface area contributed by atoms with Gasteiger partial charge in [-0.1, -0.05) is 25.7 Å². The van der Waals surface area contributed by atoms with Crippen LogP contribution in [0.4, 0.5) is 0 Å². The summed E-state index contributed by atoms with van der Waals surface area (Å²) in [4.78, 5) is 11.2. The van der Waals surface area contributed by atoms with Crippen molar-refractivity contribution in [3.8, 4) is 0 Å². The molecule has 0 bridgehead atoms. The van der Waals surface area contributed by atoms with E-state index in [0.29, 0.717) is 0 Å². The number of methoxy groups -OCH3 is 1. The van der Waals surface area contributed by atoms with Gasteiger partial charge in [0.25, 0.3) is 0 Å². The van der Waals surface area contributed by atoms with Crippen molar-refractivity contribution in [2.75, 3.05) is 20.2 Å². The summed E-state index contributed by atoms with van der Waals surface area (Å²) in [6, 6.07) is 0. The summed E-state index contributed by atoms with van der Waals surface area (Å²) in [7, 11) is 1.29. The lowest BCUT2D eigenvalue weighted by Crippen LogP contribution is -2.45. The van der Waals surface area contributed by atoms with Crippen LogP contribution in [-0.2, 0) is 9.53 Å². The van der Waals surface area contributed by atoms with E-state index in [-0.39, 0.29) is 6.54 Å². The van der Waals surface area contributed by atoms with E-state index in [1.807, 2.05) is 0 Å². The molecule has 1 aliphatic carbocycles. The summed E-state index contributed by atoms with van der Waals surface area (Å²) in [5.74, 6) is 0.247. The summed E-state index contributed by atoms with van der Waals surface area (Å²) in [6.07, 6.45) is 6.50. The molecule has 1 fully saturated rings. The first-order valence-corrected chi connectivity index (χ1v) is 6.08. The van der Waals surface area contributed by atoms with Crippen molar-refractivity contribution >= 4 is 5.97 Å². The van der Waals surface area contributed by atoms with Gasteiger partial charge in [-0.15, -0.1) is 0 Å². The summed E-state index contributed by atoms with van der Waals surface area (Å²) in [5, 5.41) is 12.9. The van der Waals surface area contributed by atoms with E-state index >= 15 is 0 Å². The number of aliphatic hydroxyl groups is 1. The van der Waals surface area contributed by atoms with Crippen molar-refractivity contribution in [2.45, 2.75) is 44.6 Å². The van der Waals surface area contributed by atoms with Gasteiger partial charge in [0, 0.05) is 6.54 Å². The Morgan fingerprint density at radius 1 is 1.50 bits per heavy atom. The number of hydrogen-bond acceptors (Lipinski definition) is 4. The quantitative estimate of drug-likeness (QED) is 0.528. The molecule has 0 aromatic rings. The molecular weight excluding hydrogens is 206 g/mol. The number of rotatable bonds is 6. The Balaban J connectivity index is 2.11. The lowest BCUT2D eigenvalue weighted by atomic mass is 10.0. The maximum Gasteiger partial charge on any atom is 0.338 e. The van der Waals surface area contributed by atoms with Gasteiger partial charge in [0.1, 0.15) is 0 Å². The molecule has 1 aliphatic rings. The summed E-state index contributed by atoms with van der Waals surface area (Å²) >= 11 is 0. The molecule has 0 aromatic heterocycles. The molecule has 4 heteroatoms. The van der Waals surface area contributed by atoms with E-state index in [1.54, 1.807) is 0 Å². The zero-order valence-corrected chi connectivity index (χ0v) is 10.3. The standard InChI is InChI=1S/C12H23NO3/c1-12(15,11(14)16-2)9-13-8-7-10-5-3-4-6-10/h10,13,15H,3-9H2,1-2H3. The van der Waals surface area contributed by atoms with Crippen LogP contribution in [-0.4, -0.2) is 36.9 Å². The molecule has 1 unspecified atom stereocenters. The molecule has 1 saturated carbocycles. The molecule has 94 valence electrons. The minimum atomic E-state index is -1.41. The van der Waals surface area contributed by atoms with Gasteiger partial charge in [0.2, 0.25) is 0 Å². The molecule has 0 amide bonds. The molecule has 1 atom stereocenters. The first-order valence-electron chi connectivity index (χ1n) is 6.08. The Morgan fingerprint density at radius 3 is 2.69 bits per heavy atom. The SMILES string of the molecule is COC(=O)C(C)(O)CNCCC1CCCC1. The van der Waals surface area contributed by atoms with Crippen LogP contribution in [0.5, 0.6) is 0 Å². The lowest BCUT2D eigenvalue weighted by molar-refractivity contribution is -0.159. The van der Waals surface area contributed by atoms with Gasteiger partial charge in [-0.25, -0.2) is 4.79 Å². The van der Waals surface area contributed by atoms with Gasteiger partial charge in [-0.3, -0.25) is 0 Å². The van der Waals surface area contributed by atoms with Crippen molar-refractivity contribution < 1.29 is 14.6 Å². The van der Waals surface area contributed by atoms with Crippen LogP contribution in [0.1, 0.15) is 39.0 Å². The van der Waals surface area contributed by atoms with Crippen LogP contribution >= 0.6 is 0 Å². The van der Waals surface area contributed by atoms with Gasteiger partial charge in [-0.05, 0) is 25.8 Å². The normalized spacial score (nSPS) is 20.7. The lowest BCUT2D eigenvalue weighted by Gasteiger charge is -2.21. The van der Waals surface area contributed by atoms with E-state index in [0.717, 1.165) is 18.9 Å². The molecule has 0 aliphatic heterocycles. The zero-order chi connectivity index (χ0) is 12.0. The van der Waals surface area contributed by atoms with E-state index in [4.69, 9.17) is 0 Å². The molecule has 0 heterocycles. The third-order valence-electron chi connectivity index (χ3n) is 3.30. The van der Waals surface area contributed by atoms with Crippen LogP contribution in [0.2, 0.25) is 0 Å². The van der Waals surface area contributed by atoms with E-state index in [1.165, 1.54) is 39.7 Å². The summed E-state index contributed by atoms with van der Waals surface area (Å²) < 4.78 is 4.52. The third kappa shape index (κ3) is 4.10. The monoisotopic (exact) mass is 229 g/mol. The second kappa shape index (κ2) is 6.21. The first kappa shape index (κ1) is 13.5. The fourth-order valence-corrected chi connectivity index (χ4v) is 2.23. The zero-order valence-electron chi connectivity index (χ0n) is 10.3. The maximum absolute atomic E-state index is 11.2. The fourth-order valence-electron chi connectivity index (χ4n) is 2.23.